The molecule has 1 heterocycles. The molecule has 0 bridgehead atoms. The molecule has 0 N–H and O–H groups in total. The van der Waals surface area contributed by atoms with E-state index < -0.39 is 0 Å². The molecule has 2 nitrogen and oxygen atoms in total. The van der Waals surface area contributed by atoms with Crippen LogP contribution < -0.4 is 0 Å². The molecule has 0 aromatic heterocycles. The lowest BCUT2D eigenvalue weighted by Crippen LogP contribution is -2.33. The highest BCUT2D eigenvalue weighted by Gasteiger charge is 2.28. The number of nitrogens with zero attached hydrogens (tertiary/aromatic N) is 1. The van der Waals surface area contributed by atoms with Crippen LogP contribution >= 0.6 is 0 Å². The molecule has 1 unspecified atom stereocenters. The first kappa shape index (κ1) is 22.1. The van der Waals surface area contributed by atoms with E-state index in [2.05, 4.69) is 104 Å². The summed E-state index contributed by atoms with van der Waals surface area (Å²) in [5.74, 6) is 0.290. The van der Waals surface area contributed by atoms with Crippen molar-refractivity contribution in [3.8, 4) is 11.1 Å². The van der Waals surface area contributed by atoms with Gasteiger partial charge in [0, 0.05) is 13.0 Å². The summed E-state index contributed by atoms with van der Waals surface area (Å²) in [5.41, 5.74) is 7.82. The smallest absolute Gasteiger partial charge is 0.223 e. The molecule has 3 aromatic carbocycles. The molecule has 0 saturated carbocycles. The minimum atomic E-state index is 0.242. The molecule has 0 aliphatic carbocycles. The number of hydrogen-bond acceptors (Lipinski definition) is 1. The van der Waals surface area contributed by atoms with Crippen LogP contribution in [0.1, 0.15) is 41.5 Å². The van der Waals surface area contributed by atoms with Gasteiger partial charge in [0.2, 0.25) is 5.91 Å². The summed E-state index contributed by atoms with van der Waals surface area (Å²) < 4.78 is 0. The maximum absolute atomic E-state index is 12.4. The maximum Gasteiger partial charge on any atom is 0.223 e. The highest BCUT2D eigenvalue weighted by molar-refractivity contribution is 5.79. The van der Waals surface area contributed by atoms with Crippen molar-refractivity contribution in [2.45, 2.75) is 52.0 Å². The Bertz CT molecular complexity index is 1080. The Hall–Kier alpha value is -3.13. The zero-order valence-electron chi connectivity index (χ0n) is 19.3. The Kier molecular flexibility index (Phi) is 7.21. The minimum Gasteiger partial charge on any atom is -0.336 e. The molecule has 1 atom stereocenters. The van der Waals surface area contributed by atoms with Gasteiger partial charge < -0.3 is 4.90 Å². The Morgan fingerprint density at radius 3 is 2.53 bits per heavy atom. The topological polar surface area (TPSA) is 20.3 Å². The molecule has 1 aliphatic heterocycles. The van der Waals surface area contributed by atoms with Gasteiger partial charge in [-0.1, -0.05) is 90.5 Å². The second kappa shape index (κ2) is 10.5. The summed E-state index contributed by atoms with van der Waals surface area (Å²) in [4.78, 5) is 14.5. The van der Waals surface area contributed by atoms with Crippen molar-refractivity contribution in [2.24, 2.45) is 0 Å². The molecule has 164 valence electrons. The second-order valence-corrected chi connectivity index (χ2v) is 8.91. The van der Waals surface area contributed by atoms with Crippen molar-refractivity contribution >= 4 is 5.91 Å². The third-order valence-corrected chi connectivity index (χ3v) is 6.48. The van der Waals surface area contributed by atoms with Gasteiger partial charge in [-0.3, -0.25) is 4.79 Å². The molecule has 1 fully saturated rings. The molecule has 2 heteroatoms. The standard InChI is InChI=1S/C30H33NO/c1-23-14-16-25(17-15-23)20-21-31-28(18-19-30(31)32)12-5-4-9-26-10-7-11-27(22-26)29-13-6-3-8-24(29)2/h3,5-8,10-17,22,28H,4,9,18-21H2,1-2H3/b12-5+. The third kappa shape index (κ3) is 5.56. The Labute approximate surface area is 192 Å². The fraction of sp³-hybridized carbons (Fsp3) is 0.300. The summed E-state index contributed by atoms with van der Waals surface area (Å²) >= 11 is 0. The zero-order chi connectivity index (χ0) is 22.3. The molecule has 3 aromatic rings. The van der Waals surface area contributed by atoms with Crippen LogP contribution in [0.25, 0.3) is 11.1 Å². The molecule has 0 radical (unpaired) electrons. The first-order valence-electron chi connectivity index (χ1n) is 11.8. The van der Waals surface area contributed by atoms with Crippen molar-refractivity contribution in [2.75, 3.05) is 6.54 Å². The lowest BCUT2D eigenvalue weighted by Gasteiger charge is -2.22. The van der Waals surface area contributed by atoms with Crippen LogP contribution in [0, 0.1) is 13.8 Å². The van der Waals surface area contributed by atoms with Gasteiger partial charge >= 0.3 is 0 Å². The average molecular weight is 424 g/mol. The predicted molar refractivity (Wildman–Crippen MR) is 134 cm³/mol. The van der Waals surface area contributed by atoms with Crippen LogP contribution in [0.5, 0.6) is 0 Å². The number of likely N-dealkylation sites (tertiary alicyclic amines) is 1. The summed E-state index contributed by atoms with van der Waals surface area (Å²) in [6.45, 7) is 5.07. The van der Waals surface area contributed by atoms with Crippen molar-refractivity contribution in [3.63, 3.8) is 0 Å². The largest absolute Gasteiger partial charge is 0.336 e. The second-order valence-electron chi connectivity index (χ2n) is 8.91. The molecule has 32 heavy (non-hydrogen) atoms. The molecule has 1 amide bonds. The lowest BCUT2D eigenvalue weighted by atomic mass is 9.97. The van der Waals surface area contributed by atoms with Crippen LogP contribution in [0.15, 0.2) is 84.9 Å². The number of rotatable bonds is 8. The van der Waals surface area contributed by atoms with E-state index in [0.717, 1.165) is 32.2 Å². The number of hydrogen-bond donors (Lipinski definition) is 0. The first-order valence-corrected chi connectivity index (χ1v) is 11.8. The lowest BCUT2D eigenvalue weighted by molar-refractivity contribution is -0.128. The maximum atomic E-state index is 12.4. The number of amides is 1. The fourth-order valence-corrected chi connectivity index (χ4v) is 4.55. The number of allylic oxidation sites excluding steroid dienone is 1. The molecule has 1 saturated heterocycles. The van der Waals surface area contributed by atoms with E-state index in [1.165, 1.54) is 33.4 Å². The van der Waals surface area contributed by atoms with Gasteiger partial charge in [0.15, 0.2) is 0 Å². The predicted octanol–water partition coefficient (Wildman–Crippen LogP) is 6.69. The van der Waals surface area contributed by atoms with Gasteiger partial charge in [0.05, 0.1) is 6.04 Å². The zero-order valence-corrected chi connectivity index (χ0v) is 19.3. The number of carbonyl (C=O) groups is 1. The monoisotopic (exact) mass is 423 g/mol. The van der Waals surface area contributed by atoms with E-state index in [0.29, 0.717) is 6.42 Å². The van der Waals surface area contributed by atoms with Crippen molar-refractivity contribution in [3.05, 3.63) is 107 Å². The number of carbonyl (C=O) groups excluding carboxylic acids is 1. The summed E-state index contributed by atoms with van der Waals surface area (Å²) in [7, 11) is 0. The minimum absolute atomic E-state index is 0.242. The van der Waals surface area contributed by atoms with Crippen LogP contribution in [-0.4, -0.2) is 23.4 Å². The van der Waals surface area contributed by atoms with Gasteiger partial charge in [-0.05, 0) is 67.3 Å². The molecule has 1 aliphatic rings. The highest BCUT2D eigenvalue weighted by Crippen LogP contribution is 2.25. The quantitative estimate of drug-likeness (QED) is 0.370. The Balaban J connectivity index is 1.32. The normalized spacial score (nSPS) is 16.2. The Morgan fingerprint density at radius 2 is 1.72 bits per heavy atom. The highest BCUT2D eigenvalue weighted by atomic mass is 16.2. The van der Waals surface area contributed by atoms with E-state index in [1.54, 1.807) is 0 Å². The molecule has 0 spiro atoms. The van der Waals surface area contributed by atoms with E-state index in [9.17, 15) is 4.79 Å². The molecular formula is C30H33NO. The van der Waals surface area contributed by atoms with Gasteiger partial charge in [-0.2, -0.15) is 0 Å². The Morgan fingerprint density at radius 1 is 0.906 bits per heavy atom. The van der Waals surface area contributed by atoms with Crippen LogP contribution in [0.2, 0.25) is 0 Å². The van der Waals surface area contributed by atoms with Crippen LogP contribution in [0.4, 0.5) is 0 Å². The molecule has 4 rings (SSSR count). The van der Waals surface area contributed by atoms with Crippen molar-refractivity contribution < 1.29 is 4.79 Å². The van der Waals surface area contributed by atoms with Gasteiger partial charge in [-0.15, -0.1) is 0 Å². The number of benzene rings is 3. The third-order valence-electron chi connectivity index (χ3n) is 6.48. The summed E-state index contributed by atoms with van der Waals surface area (Å²) in [6.07, 6.45) is 9.05. The summed E-state index contributed by atoms with van der Waals surface area (Å²) in [6, 6.07) is 26.3. The van der Waals surface area contributed by atoms with Crippen LogP contribution in [-0.2, 0) is 17.6 Å². The number of aryl methyl sites for hydroxylation is 3. The first-order chi connectivity index (χ1) is 15.6. The average Bonchev–Trinajstić information content (AvgIpc) is 3.16. The van der Waals surface area contributed by atoms with Gasteiger partial charge in [0.25, 0.3) is 0 Å². The van der Waals surface area contributed by atoms with Gasteiger partial charge in [-0.25, -0.2) is 0 Å². The van der Waals surface area contributed by atoms with E-state index in [1.807, 2.05) is 0 Å². The van der Waals surface area contributed by atoms with E-state index in [4.69, 9.17) is 0 Å². The van der Waals surface area contributed by atoms with Crippen molar-refractivity contribution in [1.29, 1.82) is 0 Å². The van der Waals surface area contributed by atoms with E-state index >= 15 is 0 Å². The SMILES string of the molecule is Cc1ccc(CCN2C(=O)CCC2/C=C/CCc2cccc(-c3ccccc3C)c2)cc1. The van der Waals surface area contributed by atoms with Crippen molar-refractivity contribution in [1.82, 2.24) is 4.90 Å². The molecular weight excluding hydrogens is 390 g/mol. The summed E-state index contributed by atoms with van der Waals surface area (Å²) in [5, 5.41) is 0. The van der Waals surface area contributed by atoms with E-state index in [-0.39, 0.29) is 11.9 Å². The fourth-order valence-electron chi connectivity index (χ4n) is 4.55. The van der Waals surface area contributed by atoms with Crippen LogP contribution in [0.3, 0.4) is 0 Å². The van der Waals surface area contributed by atoms with Gasteiger partial charge in [0.1, 0.15) is 0 Å².